The number of nitrogens with zero attached hydrogens (tertiary/aromatic N) is 3. The molecule has 5 nitrogen and oxygen atoms in total. The van der Waals surface area contributed by atoms with Crippen molar-refractivity contribution >= 4 is 18.0 Å². The van der Waals surface area contributed by atoms with Gasteiger partial charge in [-0.25, -0.2) is 0 Å². The van der Waals surface area contributed by atoms with Gasteiger partial charge < -0.3 is 9.80 Å². The lowest BCUT2D eigenvalue weighted by Gasteiger charge is -2.37. The molecule has 0 saturated carbocycles. The van der Waals surface area contributed by atoms with Gasteiger partial charge in [-0.1, -0.05) is 6.08 Å². The molecule has 78 valence electrons. The molecule has 3 aliphatic heterocycles. The molecule has 0 aromatic carbocycles. The Balaban J connectivity index is 2.10. The molecular weight excluding hydrogens is 194 g/mol. The number of rotatable bonds is 0. The quantitative estimate of drug-likeness (QED) is 0.530. The van der Waals surface area contributed by atoms with Crippen molar-refractivity contribution in [2.75, 3.05) is 6.54 Å². The van der Waals surface area contributed by atoms with Crippen molar-refractivity contribution in [3.8, 4) is 0 Å². The van der Waals surface area contributed by atoms with Gasteiger partial charge in [0.05, 0.1) is 6.21 Å². The van der Waals surface area contributed by atoms with Crippen molar-refractivity contribution in [2.45, 2.75) is 25.2 Å². The molecule has 1 saturated heterocycles. The second kappa shape index (κ2) is 2.68. The normalized spacial score (nSPS) is 37.5. The van der Waals surface area contributed by atoms with Crippen LogP contribution in [-0.2, 0) is 9.59 Å². The van der Waals surface area contributed by atoms with Crippen molar-refractivity contribution in [3.05, 3.63) is 12.2 Å². The highest BCUT2D eigenvalue weighted by Crippen LogP contribution is 2.30. The molecule has 1 fully saturated rings. The van der Waals surface area contributed by atoms with Gasteiger partial charge in [-0.15, -0.1) is 0 Å². The molecule has 0 aromatic rings. The third-order valence-corrected chi connectivity index (χ3v) is 3.18. The van der Waals surface area contributed by atoms with E-state index in [2.05, 4.69) is 4.99 Å². The molecule has 3 atom stereocenters. The molecule has 0 aliphatic carbocycles. The van der Waals surface area contributed by atoms with Crippen LogP contribution in [0.3, 0.4) is 0 Å². The van der Waals surface area contributed by atoms with Crippen LogP contribution < -0.4 is 0 Å². The summed E-state index contributed by atoms with van der Waals surface area (Å²) in [5, 5.41) is 0. The van der Waals surface area contributed by atoms with Gasteiger partial charge in [0.25, 0.3) is 5.91 Å². The first-order valence-corrected chi connectivity index (χ1v) is 5.03. The summed E-state index contributed by atoms with van der Waals surface area (Å²) in [6.45, 7) is 2.57. The lowest BCUT2D eigenvalue weighted by Crippen LogP contribution is -2.55. The maximum atomic E-state index is 11.6. The van der Waals surface area contributed by atoms with Gasteiger partial charge >= 0.3 is 0 Å². The molecule has 3 aliphatic rings. The van der Waals surface area contributed by atoms with Crippen molar-refractivity contribution in [1.82, 2.24) is 9.80 Å². The molecule has 3 heterocycles. The van der Waals surface area contributed by atoms with Gasteiger partial charge in [-0.3, -0.25) is 14.6 Å². The van der Waals surface area contributed by atoms with Gasteiger partial charge in [0, 0.05) is 18.7 Å². The van der Waals surface area contributed by atoms with Crippen molar-refractivity contribution in [3.63, 3.8) is 0 Å². The molecule has 0 aromatic heterocycles. The molecule has 5 heteroatoms. The standard InChI is InChI=1S/C10H11N3O2/c1-6-5-12-8(14)3-2-7-10(12)13(6)9(15)4-11-7/h2-4,6-7,10H,5H2,1H3. The number of hydrogen-bond donors (Lipinski definition) is 0. The number of amides is 2. The lowest BCUT2D eigenvalue weighted by atomic mass is 10.1. The molecule has 0 bridgehead atoms. The van der Waals surface area contributed by atoms with Crippen LogP contribution in [-0.4, -0.2) is 52.6 Å². The molecule has 3 rings (SSSR count). The van der Waals surface area contributed by atoms with Gasteiger partial charge in [-0.05, 0) is 6.92 Å². The van der Waals surface area contributed by atoms with Crippen molar-refractivity contribution < 1.29 is 9.59 Å². The minimum Gasteiger partial charge on any atom is -0.314 e. The maximum Gasteiger partial charge on any atom is 0.266 e. The number of carbonyl (C=O) groups is 2. The van der Waals surface area contributed by atoms with E-state index >= 15 is 0 Å². The summed E-state index contributed by atoms with van der Waals surface area (Å²) in [7, 11) is 0. The van der Waals surface area contributed by atoms with E-state index < -0.39 is 0 Å². The fraction of sp³-hybridized carbons (Fsp3) is 0.500. The summed E-state index contributed by atoms with van der Waals surface area (Å²) in [6, 6.07) is 0.00551. The first kappa shape index (κ1) is 8.64. The van der Waals surface area contributed by atoms with Crippen LogP contribution in [0.5, 0.6) is 0 Å². The zero-order valence-corrected chi connectivity index (χ0v) is 8.33. The Morgan fingerprint density at radius 1 is 1.40 bits per heavy atom. The third-order valence-electron chi connectivity index (χ3n) is 3.18. The summed E-state index contributed by atoms with van der Waals surface area (Å²) < 4.78 is 0. The summed E-state index contributed by atoms with van der Waals surface area (Å²) in [5.74, 6) is -0.107. The Bertz CT molecular complexity index is 401. The average Bonchev–Trinajstić information content (AvgIpc) is 2.56. The van der Waals surface area contributed by atoms with E-state index in [1.165, 1.54) is 6.21 Å². The molecule has 0 N–H and O–H groups in total. The Morgan fingerprint density at radius 3 is 3.00 bits per heavy atom. The average molecular weight is 205 g/mol. The summed E-state index contributed by atoms with van der Waals surface area (Å²) in [6.07, 6.45) is 4.50. The smallest absolute Gasteiger partial charge is 0.266 e. The van der Waals surface area contributed by atoms with Crippen molar-refractivity contribution in [1.29, 1.82) is 0 Å². The molecule has 0 radical (unpaired) electrons. The van der Waals surface area contributed by atoms with Gasteiger partial charge in [-0.2, -0.15) is 0 Å². The number of carbonyl (C=O) groups excluding carboxylic acids is 2. The molecule has 15 heavy (non-hydrogen) atoms. The fourth-order valence-corrected chi connectivity index (χ4v) is 2.53. The summed E-state index contributed by atoms with van der Waals surface area (Å²) in [5.41, 5.74) is 0. The fourth-order valence-electron chi connectivity index (χ4n) is 2.53. The maximum absolute atomic E-state index is 11.6. The van der Waals surface area contributed by atoms with Crippen LogP contribution in [0.25, 0.3) is 0 Å². The Morgan fingerprint density at radius 2 is 2.20 bits per heavy atom. The highest BCUT2D eigenvalue weighted by Gasteiger charge is 2.48. The van der Waals surface area contributed by atoms with Crippen LogP contribution in [0.15, 0.2) is 17.1 Å². The molecule has 3 unspecified atom stereocenters. The van der Waals surface area contributed by atoms with E-state index in [-0.39, 0.29) is 30.1 Å². The monoisotopic (exact) mass is 205 g/mol. The Hall–Kier alpha value is -1.65. The Labute approximate surface area is 87.1 Å². The summed E-state index contributed by atoms with van der Waals surface area (Å²) in [4.78, 5) is 30.9. The van der Waals surface area contributed by atoms with Gasteiger partial charge in [0.2, 0.25) is 5.91 Å². The predicted octanol–water partition coefficient (Wildman–Crippen LogP) is -0.605. The summed E-state index contributed by atoms with van der Waals surface area (Å²) >= 11 is 0. The lowest BCUT2D eigenvalue weighted by molar-refractivity contribution is -0.134. The second-order valence-electron chi connectivity index (χ2n) is 4.13. The molecule has 0 spiro atoms. The predicted molar refractivity (Wildman–Crippen MR) is 53.2 cm³/mol. The van der Waals surface area contributed by atoms with Crippen LogP contribution in [0.4, 0.5) is 0 Å². The van der Waals surface area contributed by atoms with E-state index in [4.69, 9.17) is 0 Å². The SMILES string of the molecule is CC1CN2C(=O)C=CC3N=CC(=O)N1C32. The van der Waals surface area contributed by atoms with Crippen LogP contribution in [0.1, 0.15) is 6.92 Å². The van der Waals surface area contributed by atoms with E-state index in [1.807, 2.05) is 6.92 Å². The topological polar surface area (TPSA) is 53.0 Å². The van der Waals surface area contributed by atoms with E-state index in [0.717, 1.165) is 0 Å². The van der Waals surface area contributed by atoms with Crippen molar-refractivity contribution in [2.24, 2.45) is 4.99 Å². The Kier molecular flexibility index (Phi) is 1.55. The molecule has 2 amide bonds. The number of aliphatic imine (C=N–C) groups is 1. The third kappa shape index (κ3) is 1.00. The van der Waals surface area contributed by atoms with Gasteiger partial charge in [0.15, 0.2) is 0 Å². The first-order valence-electron chi connectivity index (χ1n) is 5.03. The van der Waals surface area contributed by atoms with Gasteiger partial charge in [0.1, 0.15) is 12.2 Å². The zero-order chi connectivity index (χ0) is 10.6. The zero-order valence-electron chi connectivity index (χ0n) is 8.33. The second-order valence-corrected chi connectivity index (χ2v) is 4.13. The minimum atomic E-state index is -0.185. The van der Waals surface area contributed by atoms with E-state index in [0.29, 0.717) is 6.54 Å². The first-order chi connectivity index (χ1) is 7.18. The van der Waals surface area contributed by atoms with Crippen LogP contribution >= 0.6 is 0 Å². The van der Waals surface area contributed by atoms with E-state index in [9.17, 15) is 9.59 Å². The molecular formula is C10H11N3O2. The van der Waals surface area contributed by atoms with E-state index in [1.54, 1.807) is 22.0 Å². The minimum absolute atomic E-state index is 0.0181. The number of hydrogen-bond acceptors (Lipinski definition) is 3. The highest BCUT2D eigenvalue weighted by atomic mass is 16.2. The highest BCUT2D eigenvalue weighted by molar-refractivity contribution is 6.27. The van der Waals surface area contributed by atoms with Crippen LogP contribution in [0, 0.1) is 0 Å². The largest absolute Gasteiger partial charge is 0.314 e. The van der Waals surface area contributed by atoms with Crippen LogP contribution in [0.2, 0.25) is 0 Å².